The Morgan fingerprint density at radius 2 is 1.77 bits per heavy atom. The van der Waals surface area contributed by atoms with Crippen molar-refractivity contribution in [2.45, 2.75) is 58.3 Å². The first-order valence-electron chi connectivity index (χ1n) is 10.8. The number of carbonyl (C=O) groups is 1. The molecule has 2 N–H and O–H groups in total. The maximum absolute atomic E-state index is 12.6. The van der Waals surface area contributed by atoms with Gasteiger partial charge < -0.3 is 20.1 Å². The van der Waals surface area contributed by atoms with Gasteiger partial charge in [0.05, 0.1) is 20.3 Å². The molecule has 6 heteroatoms. The highest BCUT2D eigenvalue weighted by Crippen LogP contribution is 2.40. The van der Waals surface area contributed by atoms with Crippen LogP contribution in [0.4, 0.5) is 4.79 Å². The molecule has 6 nitrogen and oxygen atoms in total. The molecule has 0 aliphatic carbocycles. The molecule has 0 aromatic heterocycles. The molecule has 168 valence electrons. The second-order valence-electron chi connectivity index (χ2n) is 9.19. The lowest BCUT2D eigenvalue weighted by Crippen LogP contribution is -2.53. The van der Waals surface area contributed by atoms with Gasteiger partial charge in [0.25, 0.3) is 0 Å². The van der Waals surface area contributed by atoms with Crippen molar-refractivity contribution in [3.05, 3.63) is 59.2 Å². The van der Waals surface area contributed by atoms with E-state index in [0.29, 0.717) is 5.75 Å². The summed E-state index contributed by atoms with van der Waals surface area (Å²) in [5.74, 6) is 1.45. The number of nitrogens with one attached hydrogen (secondary N) is 2. The van der Waals surface area contributed by atoms with Crippen LogP contribution in [0.1, 0.15) is 50.4 Å². The summed E-state index contributed by atoms with van der Waals surface area (Å²) in [6.07, 6.45) is 0.917. The average molecular weight is 426 g/mol. The van der Waals surface area contributed by atoms with E-state index in [4.69, 9.17) is 9.47 Å². The fourth-order valence-electron chi connectivity index (χ4n) is 4.27. The van der Waals surface area contributed by atoms with E-state index in [9.17, 15) is 4.79 Å². The van der Waals surface area contributed by atoms with E-state index in [-0.39, 0.29) is 23.7 Å². The predicted octanol–water partition coefficient (Wildman–Crippen LogP) is 4.29. The van der Waals surface area contributed by atoms with Crippen molar-refractivity contribution >= 4 is 6.03 Å². The van der Waals surface area contributed by atoms with Crippen molar-refractivity contribution in [3.8, 4) is 11.5 Å². The molecule has 1 heterocycles. The molecule has 2 aromatic carbocycles. The first kappa shape index (κ1) is 22.9. The maximum atomic E-state index is 12.6. The molecule has 2 amide bonds. The van der Waals surface area contributed by atoms with Gasteiger partial charge in [0.15, 0.2) is 11.5 Å². The Morgan fingerprint density at radius 3 is 2.39 bits per heavy atom. The van der Waals surface area contributed by atoms with Gasteiger partial charge in [0.2, 0.25) is 0 Å². The molecular weight excluding hydrogens is 390 g/mol. The van der Waals surface area contributed by atoms with Crippen LogP contribution in [-0.2, 0) is 13.0 Å². The van der Waals surface area contributed by atoms with E-state index in [2.05, 4.69) is 58.9 Å². The number of methoxy groups -OCH3 is 2. The molecule has 0 radical (unpaired) electrons. The zero-order valence-electron chi connectivity index (χ0n) is 19.5. The maximum Gasteiger partial charge on any atom is 0.315 e. The SMILES string of the molecule is COc1cc2c(cc1OC)[C@@H]([C@H](C)NC(=O)NC(C)(C)C)N(Cc1ccccc1)CC2. The topological polar surface area (TPSA) is 62.8 Å². The number of rotatable bonds is 6. The number of fused-ring (bicyclic) bond motifs is 1. The van der Waals surface area contributed by atoms with E-state index in [1.807, 2.05) is 26.8 Å². The van der Waals surface area contributed by atoms with Gasteiger partial charge in [-0.1, -0.05) is 30.3 Å². The summed E-state index contributed by atoms with van der Waals surface area (Å²) in [6.45, 7) is 9.71. The molecule has 1 aliphatic rings. The first-order chi connectivity index (χ1) is 14.7. The highest BCUT2D eigenvalue weighted by atomic mass is 16.5. The van der Waals surface area contributed by atoms with Crippen LogP contribution in [0.15, 0.2) is 42.5 Å². The zero-order chi connectivity index (χ0) is 22.6. The van der Waals surface area contributed by atoms with Crippen LogP contribution < -0.4 is 20.1 Å². The van der Waals surface area contributed by atoms with Crippen molar-refractivity contribution in [1.29, 1.82) is 0 Å². The monoisotopic (exact) mass is 425 g/mol. The third kappa shape index (κ3) is 5.70. The highest BCUT2D eigenvalue weighted by Gasteiger charge is 2.34. The van der Waals surface area contributed by atoms with Gasteiger partial charge in [-0.2, -0.15) is 0 Å². The molecule has 0 spiro atoms. The van der Waals surface area contributed by atoms with Crippen molar-refractivity contribution < 1.29 is 14.3 Å². The molecular formula is C25H35N3O3. The van der Waals surface area contributed by atoms with Gasteiger partial charge in [-0.15, -0.1) is 0 Å². The summed E-state index contributed by atoms with van der Waals surface area (Å²) < 4.78 is 11.1. The Balaban J connectivity index is 1.94. The number of benzene rings is 2. The average Bonchev–Trinajstić information content (AvgIpc) is 2.71. The van der Waals surface area contributed by atoms with Crippen molar-refractivity contribution in [2.75, 3.05) is 20.8 Å². The predicted molar refractivity (Wildman–Crippen MR) is 124 cm³/mol. The van der Waals surface area contributed by atoms with Gasteiger partial charge in [0, 0.05) is 24.7 Å². The Morgan fingerprint density at radius 1 is 1.13 bits per heavy atom. The minimum atomic E-state index is -0.297. The second-order valence-corrected chi connectivity index (χ2v) is 9.19. The Labute approximate surface area is 185 Å². The fraction of sp³-hybridized carbons (Fsp3) is 0.480. The van der Waals surface area contributed by atoms with Crippen LogP contribution >= 0.6 is 0 Å². The van der Waals surface area contributed by atoms with E-state index in [0.717, 1.165) is 25.3 Å². The number of nitrogens with zero attached hydrogens (tertiary/aromatic N) is 1. The normalized spacial score (nSPS) is 17.4. The molecule has 3 rings (SSSR count). The molecule has 0 saturated heterocycles. The van der Waals surface area contributed by atoms with E-state index < -0.39 is 0 Å². The standard InChI is InChI=1S/C25H35N3O3/c1-17(26-24(29)27-25(2,3)4)23-20-15-22(31-6)21(30-5)14-19(20)12-13-28(23)16-18-10-8-7-9-11-18/h7-11,14-15,17,23H,12-13,16H2,1-6H3,(H2,26,27,29)/t17-,23+/m0/s1. The lowest BCUT2D eigenvalue weighted by Gasteiger charge is -2.41. The first-order valence-corrected chi connectivity index (χ1v) is 10.8. The number of hydrogen-bond acceptors (Lipinski definition) is 4. The smallest absolute Gasteiger partial charge is 0.315 e. The molecule has 0 unspecified atom stereocenters. The number of carbonyl (C=O) groups excluding carboxylic acids is 1. The molecule has 0 fully saturated rings. The van der Waals surface area contributed by atoms with E-state index >= 15 is 0 Å². The van der Waals surface area contributed by atoms with Gasteiger partial charge in [-0.25, -0.2) is 4.79 Å². The third-order valence-electron chi connectivity index (χ3n) is 5.58. The molecule has 0 bridgehead atoms. The molecule has 31 heavy (non-hydrogen) atoms. The summed E-state index contributed by atoms with van der Waals surface area (Å²) in [4.78, 5) is 15.1. The highest BCUT2D eigenvalue weighted by molar-refractivity contribution is 5.75. The van der Waals surface area contributed by atoms with Gasteiger partial charge in [-0.3, -0.25) is 4.90 Å². The summed E-state index contributed by atoms with van der Waals surface area (Å²) in [6, 6.07) is 14.3. The Kier molecular flexibility index (Phi) is 7.11. The van der Waals surface area contributed by atoms with Crippen LogP contribution in [-0.4, -0.2) is 43.3 Å². The van der Waals surface area contributed by atoms with Gasteiger partial charge >= 0.3 is 6.03 Å². The molecule has 0 saturated carbocycles. The fourth-order valence-corrected chi connectivity index (χ4v) is 4.27. The van der Waals surface area contributed by atoms with E-state index in [1.54, 1.807) is 14.2 Å². The summed E-state index contributed by atoms with van der Waals surface area (Å²) in [5.41, 5.74) is 3.36. The van der Waals surface area contributed by atoms with Crippen molar-refractivity contribution in [2.24, 2.45) is 0 Å². The number of amides is 2. The Bertz CT molecular complexity index is 893. The molecule has 1 aliphatic heterocycles. The van der Waals surface area contributed by atoms with Crippen LogP contribution in [0.2, 0.25) is 0 Å². The van der Waals surface area contributed by atoms with Crippen LogP contribution in [0.5, 0.6) is 11.5 Å². The minimum absolute atomic E-state index is 0.00878. The molecule has 2 aromatic rings. The number of ether oxygens (including phenoxy) is 2. The lowest BCUT2D eigenvalue weighted by atomic mass is 9.87. The second kappa shape index (κ2) is 9.60. The van der Waals surface area contributed by atoms with E-state index in [1.165, 1.54) is 16.7 Å². The lowest BCUT2D eigenvalue weighted by molar-refractivity contribution is 0.142. The Hall–Kier alpha value is -2.73. The van der Waals surface area contributed by atoms with Crippen LogP contribution in [0, 0.1) is 0 Å². The largest absolute Gasteiger partial charge is 0.493 e. The minimum Gasteiger partial charge on any atom is -0.493 e. The van der Waals surface area contributed by atoms with Crippen molar-refractivity contribution in [1.82, 2.24) is 15.5 Å². The number of hydrogen-bond donors (Lipinski definition) is 2. The zero-order valence-corrected chi connectivity index (χ0v) is 19.5. The van der Waals surface area contributed by atoms with Crippen molar-refractivity contribution in [3.63, 3.8) is 0 Å². The van der Waals surface area contributed by atoms with Gasteiger partial charge in [-0.05, 0) is 62.9 Å². The van der Waals surface area contributed by atoms with Crippen LogP contribution in [0.3, 0.4) is 0 Å². The van der Waals surface area contributed by atoms with Crippen LogP contribution in [0.25, 0.3) is 0 Å². The summed E-state index contributed by atoms with van der Waals surface area (Å²) in [7, 11) is 3.32. The molecule has 2 atom stereocenters. The quantitative estimate of drug-likeness (QED) is 0.725. The third-order valence-corrected chi connectivity index (χ3v) is 5.58. The summed E-state index contributed by atoms with van der Waals surface area (Å²) >= 11 is 0. The van der Waals surface area contributed by atoms with Gasteiger partial charge in [0.1, 0.15) is 0 Å². The number of urea groups is 1. The summed E-state index contributed by atoms with van der Waals surface area (Å²) in [5, 5.41) is 6.17.